The molecular weight excluding hydrogens is 395 g/mol. The number of nitrogens with two attached hydrogens (primary N) is 1. The summed E-state index contributed by atoms with van der Waals surface area (Å²) in [5, 5.41) is 24.5. The molecule has 1 aliphatic rings. The van der Waals surface area contributed by atoms with Crippen LogP contribution >= 0.6 is 0 Å². The smallest absolute Gasteiger partial charge is 0.266 e. The van der Waals surface area contributed by atoms with E-state index in [1.54, 1.807) is 19.1 Å². The van der Waals surface area contributed by atoms with Crippen LogP contribution in [0.3, 0.4) is 0 Å². The van der Waals surface area contributed by atoms with Crippen LogP contribution in [0.15, 0.2) is 30.3 Å². The quantitative estimate of drug-likeness (QED) is 0.269. The number of piperazine rings is 1. The van der Waals surface area contributed by atoms with Gasteiger partial charge in [-0.2, -0.15) is 0 Å². The van der Waals surface area contributed by atoms with Gasteiger partial charge in [0, 0.05) is 66.5 Å². The topological polar surface area (TPSA) is 97.4 Å². The first-order valence-electron chi connectivity index (χ1n) is 9.73. The third-order valence-corrected chi connectivity index (χ3v) is 5.33. The molecule has 9 heteroatoms. The summed E-state index contributed by atoms with van der Waals surface area (Å²) in [5.74, 6) is -0.998. The predicted molar refractivity (Wildman–Crippen MR) is 112 cm³/mol. The molecule has 0 spiro atoms. The minimum absolute atomic E-state index is 0.0240. The minimum Gasteiger partial charge on any atom is -0.398 e. The zero-order valence-electron chi connectivity index (χ0n) is 16.6. The number of nitrogens with one attached hydrogen (secondary N) is 3. The maximum Gasteiger partial charge on any atom is 0.266 e. The number of rotatable bonds is 7. The number of hydrogen-bond acceptors (Lipinski definition) is 6. The van der Waals surface area contributed by atoms with E-state index in [0.29, 0.717) is 11.1 Å². The van der Waals surface area contributed by atoms with Gasteiger partial charge < -0.3 is 26.5 Å². The van der Waals surface area contributed by atoms with Crippen molar-refractivity contribution >= 4 is 17.6 Å². The first-order chi connectivity index (χ1) is 14.3. The molecule has 1 aliphatic heterocycles. The van der Waals surface area contributed by atoms with Crippen LogP contribution < -0.4 is 21.3 Å². The number of aliphatic hydroxyl groups is 1. The van der Waals surface area contributed by atoms with Crippen molar-refractivity contribution in [1.29, 1.82) is 5.41 Å². The third kappa shape index (κ3) is 4.58. The fourth-order valence-electron chi connectivity index (χ4n) is 3.62. The monoisotopic (exact) mass is 421 g/mol. The summed E-state index contributed by atoms with van der Waals surface area (Å²) in [6.45, 7) is 4.75. The number of nitrogens with zero attached hydrogens (tertiary/aromatic N) is 1. The number of anilines is 2. The van der Waals surface area contributed by atoms with Gasteiger partial charge in [-0.05, 0) is 19.1 Å². The lowest BCUT2D eigenvalue weighted by Gasteiger charge is -2.31. The second-order valence-corrected chi connectivity index (χ2v) is 7.26. The van der Waals surface area contributed by atoms with Crippen molar-refractivity contribution in [3.63, 3.8) is 0 Å². The molecule has 1 heterocycles. The summed E-state index contributed by atoms with van der Waals surface area (Å²) < 4.78 is 40.5. The third-order valence-electron chi connectivity index (χ3n) is 5.33. The van der Waals surface area contributed by atoms with Crippen molar-refractivity contribution in [2.75, 3.05) is 36.8 Å². The number of benzene rings is 2. The van der Waals surface area contributed by atoms with Crippen molar-refractivity contribution in [2.24, 2.45) is 0 Å². The lowest BCUT2D eigenvalue weighted by Crippen LogP contribution is -2.43. The molecule has 6 nitrogen and oxygen atoms in total. The van der Waals surface area contributed by atoms with E-state index in [9.17, 15) is 18.3 Å². The Bertz CT molecular complexity index is 902. The highest BCUT2D eigenvalue weighted by molar-refractivity contribution is 5.88. The fraction of sp³-hybridized carbons (Fsp3) is 0.381. The van der Waals surface area contributed by atoms with Gasteiger partial charge in [0.2, 0.25) is 0 Å². The van der Waals surface area contributed by atoms with Crippen LogP contribution in [0, 0.1) is 11.2 Å². The number of hydrogen-bond donors (Lipinski definition) is 5. The fourth-order valence-corrected chi connectivity index (χ4v) is 3.62. The Morgan fingerprint density at radius 2 is 1.87 bits per heavy atom. The lowest BCUT2D eigenvalue weighted by atomic mass is 10.0. The van der Waals surface area contributed by atoms with Gasteiger partial charge in [0.1, 0.15) is 12.0 Å². The van der Waals surface area contributed by atoms with E-state index >= 15 is 0 Å². The van der Waals surface area contributed by atoms with Gasteiger partial charge in [-0.25, -0.2) is 13.2 Å². The Balaban J connectivity index is 1.88. The average Bonchev–Trinajstić information content (AvgIpc) is 2.74. The Labute approximate surface area is 173 Å². The van der Waals surface area contributed by atoms with E-state index < -0.39 is 30.1 Å². The summed E-state index contributed by atoms with van der Waals surface area (Å²) in [7, 11) is 0. The van der Waals surface area contributed by atoms with Crippen molar-refractivity contribution < 1.29 is 18.3 Å². The molecule has 1 fully saturated rings. The van der Waals surface area contributed by atoms with Crippen molar-refractivity contribution in [3.05, 3.63) is 58.4 Å². The van der Waals surface area contributed by atoms with Gasteiger partial charge in [-0.3, -0.25) is 5.32 Å². The van der Waals surface area contributed by atoms with Gasteiger partial charge in [0.15, 0.2) is 0 Å². The Hall–Kier alpha value is -2.62. The summed E-state index contributed by atoms with van der Waals surface area (Å²) in [4.78, 5) is 2.12. The molecule has 2 aromatic carbocycles. The molecule has 1 saturated heterocycles. The first kappa shape index (κ1) is 22.1. The van der Waals surface area contributed by atoms with Crippen molar-refractivity contribution in [2.45, 2.75) is 25.6 Å². The molecule has 1 unspecified atom stereocenters. The van der Waals surface area contributed by atoms with Gasteiger partial charge in [-0.1, -0.05) is 18.2 Å². The molecule has 0 bridgehead atoms. The molecule has 30 heavy (non-hydrogen) atoms. The van der Waals surface area contributed by atoms with Gasteiger partial charge in [-0.15, -0.1) is 0 Å². The van der Waals surface area contributed by atoms with Crippen LogP contribution in [-0.4, -0.2) is 37.5 Å². The molecule has 162 valence electrons. The molecule has 3 rings (SSSR count). The molecule has 0 saturated carbocycles. The molecule has 0 aliphatic carbocycles. The summed E-state index contributed by atoms with van der Waals surface area (Å²) in [6.07, 6.45) is -3.09. The summed E-state index contributed by atoms with van der Waals surface area (Å²) in [5.41, 5.74) is 7.35. The Kier molecular flexibility index (Phi) is 6.96. The molecule has 0 aromatic heterocycles. The highest BCUT2D eigenvalue weighted by atomic mass is 19.3. The molecule has 2 atom stereocenters. The second kappa shape index (κ2) is 9.46. The van der Waals surface area contributed by atoms with Crippen LogP contribution in [0.4, 0.5) is 24.5 Å². The van der Waals surface area contributed by atoms with Crippen LogP contribution in [0.2, 0.25) is 0 Å². The van der Waals surface area contributed by atoms with E-state index in [4.69, 9.17) is 11.1 Å². The number of nitrogen functional groups attached to an aromatic ring is 1. The largest absolute Gasteiger partial charge is 0.398 e. The normalized spacial score (nSPS) is 16.5. The van der Waals surface area contributed by atoms with E-state index in [1.807, 2.05) is 0 Å². The minimum atomic E-state index is -2.93. The number of halogens is 3. The Morgan fingerprint density at radius 3 is 2.50 bits per heavy atom. The molecule has 2 aromatic rings. The zero-order valence-corrected chi connectivity index (χ0v) is 16.6. The highest BCUT2D eigenvalue weighted by Crippen LogP contribution is 2.32. The van der Waals surface area contributed by atoms with E-state index in [0.717, 1.165) is 44.1 Å². The summed E-state index contributed by atoms with van der Waals surface area (Å²) >= 11 is 0. The van der Waals surface area contributed by atoms with E-state index in [1.165, 1.54) is 12.1 Å². The first-order valence-corrected chi connectivity index (χ1v) is 9.73. The van der Waals surface area contributed by atoms with Gasteiger partial charge in [0.05, 0.1) is 5.56 Å². The van der Waals surface area contributed by atoms with E-state index in [2.05, 4.69) is 15.5 Å². The Morgan fingerprint density at radius 1 is 1.20 bits per heavy atom. The molecule has 0 amide bonds. The average molecular weight is 421 g/mol. The van der Waals surface area contributed by atoms with Crippen molar-refractivity contribution in [3.8, 4) is 0 Å². The molecule has 0 radical (unpaired) electrons. The maximum atomic E-state index is 14.5. The SMILES string of the molecule is C[C@@H](NC(O)c1cc(N2CCNCC2)cc(C=N)c1N)c1cccc(C(F)F)c1F. The maximum absolute atomic E-state index is 14.5. The number of aliphatic hydroxyl groups excluding tert-OH is 1. The van der Waals surface area contributed by atoms with Crippen LogP contribution in [-0.2, 0) is 0 Å². The molecular formula is C21H26F3N5O. The zero-order chi connectivity index (χ0) is 21.8. The van der Waals surface area contributed by atoms with E-state index in [-0.39, 0.29) is 11.3 Å². The highest BCUT2D eigenvalue weighted by Gasteiger charge is 2.23. The van der Waals surface area contributed by atoms with Crippen LogP contribution in [0.25, 0.3) is 0 Å². The summed E-state index contributed by atoms with van der Waals surface area (Å²) in [6, 6.07) is 6.57. The van der Waals surface area contributed by atoms with Gasteiger partial charge in [0.25, 0.3) is 6.43 Å². The van der Waals surface area contributed by atoms with Gasteiger partial charge >= 0.3 is 0 Å². The number of alkyl halides is 2. The van der Waals surface area contributed by atoms with Crippen LogP contribution in [0.1, 0.15) is 47.9 Å². The lowest BCUT2D eigenvalue weighted by molar-refractivity contribution is 0.125. The standard InChI is InChI=1S/C21H26F3N5O/c1-12(15-3-2-4-16(18(15)22)20(23)24)28-21(30)17-10-14(9-13(11-25)19(17)26)29-7-5-27-6-8-29/h2-4,9-12,20-21,25,27-28,30H,5-8,26H2,1H3/t12-,21?/m1/s1. The second-order valence-electron chi connectivity index (χ2n) is 7.26. The molecule has 6 N–H and O–H groups in total. The van der Waals surface area contributed by atoms with Crippen molar-refractivity contribution in [1.82, 2.24) is 10.6 Å². The van der Waals surface area contributed by atoms with Crippen LogP contribution in [0.5, 0.6) is 0 Å². The predicted octanol–water partition coefficient (Wildman–Crippen LogP) is 3.09.